The molecule has 4 heterocycles. The van der Waals surface area contributed by atoms with Crippen LogP contribution in [0.1, 0.15) is 41.0 Å². The molecule has 158 valence electrons. The summed E-state index contributed by atoms with van der Waals surface area (Å²) >= 11 is 0. The molecule has 3 aliphatic heterocycles. The first-order valence-corrected chi connectivity index (χ1v) is 11.0. The molecule has 0 atom stereocenters. The van der Waals surface area contributed by atoms with Gasteiger partial charge in [0.2, 0.25) is 0 Å². The summed E-state index contributed by atoms with van der Waals surface area (Å²) in [4.78, 5) is 16.5. The Bertz CT molecular complexity index is 1180. The van der Waals surface area contributed by atoms with E-state index >= 15 is 0 Å². The van der Waals surface area contributed by atoms with E-state index in [1.807, 2.05) is 19.2 Å². The van der Waals surface area contributed by atoms with Gasteiger partial charge in [0, 0.05) is 48.9 Å². The lowest BCUT2D eigenvalue weighted by atomic mass is 10.0. The third-order valence-corrected chi connectivity index (χ3v) is 6.61. The van der Waals surface area contributed by atoms with Crippen molar-refractivity contribution < 1.29 is 9.53 Å². The monoisotopic (exact) mass is 415 g/mol. The summed E-state index contributed by atoms with van der Waals surface area (Å²) in [5, 5.41) is 8.95. The number of anilines is 2. The summed E-state index contributed by atoms with van der Waals surface area (Å²) in [6.07, 6.45) is 4.58. The number of aromatic nitrogens is 3. The van der Waals surface area contributed by atoms with E-state index in [9.17, 15) is 4.79 Å². The van der Waals surface area contributed by atoms with Gasteiger partial charge in [0.25, 0.3) is 5.91 Å². The number of rotatable bonds is 2. The fourth-order valence-electron chi connectivity index (χ4n) is 5.02. The fourth-order valence-corrected chi connectivity index (χ4v) is 5.02. The van der Waals surface area contributed by atoms with E-state index in [1.165, 1.54) is 19.3 Å². The Morgan fingerprint density at radius 1 is 1.00 bits per heavy atom. The van der Waals surface area contributed by atoms with Crippen molar-refractivity contribution in [3.05, 3.63) is 53.3 Å². The summed E-state index contributed by atoms with van der Waals surface area (Å²) in [5.41, 5.74) is 5.05. The van der Waals surface area contributed by atoms with E-state index in [-0.39, 0.29) is 5.91 Å². The molecule has 0 radical (unpaired) electrons. The Kier molecular flexibility index (Phi) is 4.23. The van der Waals surface area contributed by atoms with Gasteiger partial charge < -0.3 is 19.1 Å². The molecule has 0 unspecified atom stereocenters. The molecule has 0 N–H and O–H groups in total. The Morgan fingerprint density at radius 2 is 1.94 bits per heavy atom. The third kappa shape index (κ3) is 2.91. The van der Waals surface area contributed by atoms with Crippen LogP contribution in [-0.4, -0.2) is 45.8 Å². The summed E-state index contributed by atoms with van der Waals surface area (Å²) in [6, 6.07) is 12.3. The van der Waals surface area contributed by atoms with Crippen LogP contribution in [0.4, 0.5) is 11.4 Å². The van der Waals surface area contributed by atoms with Crippen molar-refractivity contribution in [3.63, 3.8) is 0 Å². The standard InChI is InChI=1S/C24H25N5O2/c1-27-15-18-17(24(27)30)6-5-7-19(18)28-12-13-31-21-14-16(9-10-20(21)28)23-26-25-22-8-3-2-4-11-29(22)23/h5-7,9-10,14H,2-4,8,11-13,15H2,1H3. The zero-order valence-corrected chi connectivity index (χ0v) is 17.7. The highest BCUT2D eigenvalue weighted by molar-refractivity contribution is 6.00. The maximum atomic E-state index is 12.5. The molecule has 0 saturated carbocycles. The number of hydrogen-bond acceptors (Lipinski definition) is 5. The van der Waals surface area contributed by atoms with E-state index < -0.39 is 0 Å². The lowest BCUT2D eigenvalue weighted by Gasteiger charge is -2.32. The van der Waals surface area contributed by atoms with Crippen LogP contribution >= 0.6 is 0 Å². The Balaban J connectivity index is 1.40. The first-order valence-electron chi connectivity index (χ1n) is 11.0. The van der Waals surface area contributed by atoms with E-state index in [1.54, 1.807) is 4.90 Å². The van der Waals surface area contributed by atoms with Gasteiger partial charge in [-0.2, -0.15) is 0 Å². The number of amides is 1. The zero-order valence-electron chi connectivity index (χ0n) is 17.7. The molecule has 7 heteroatoms. The highest BCUT2D eigenvalue weighted by Crippen LogP contribution is 2.42. The summed E-state index contributed by atoms with van der Waals surface area (Å²) in [5.74, 6) is 2.95. The highest BCUT2D eigenvalue weighted by atomic mass is 16.5. The van der Waals surface area contributed by atoms with E-state index in [0.29, 0.717) is 13.2 Å². The number of nitrogens with zero attached hydrogens (tertiary/aromatic N) is 5. The zero-order chi connectivity index (χ0) is 20.9. The van der Waals surface area contributed by atoms with Crippen molar-refractivity contribution in [1.82, 2.24) is 19.7 Å². The quantitative estimate of drug-likeness (QED) is 0.637. The molecule has 1 aromatic heterocycles. The van der Waals surface area contributed by atoms with Crippen molar-refractivity contribution in [3.8, 4) is 17.1 Å². The Morgan fingerprint density at radius 3 is 2.87 bits per heavy atom. The number of ether oxygens (including phenoxy) is 1. The second kappa shape index (κ2) is 7.11. The SMILES string of the molecule is CN1Cc2c(cccc2N2CCOc3cc(-c4nnc5n4CCCCC5)ccc32)C1=O. The molecule has 0 aliphatic carbocycles. The number of carbonyl (C=O) groups is 1. The third-order valence-electron chi connectivity index (χ3n) is 6.61. The molecule has 0 spiro atoms. The second-order valence-electron chi connectivity index (χ2n) is 8.55. The van der Waals surface area contributed by atoms with E-state index in [4.69, 9.17) is 4.74 Å². The summed E-state index contributed by atoms with van der Waals surface area (Å²) in [7, 11) is 1.85. The average Bonchev–Trinajstić information content (AvgIpc) is 3.23. The molecule has 2 aromatic carbocycles. The second-order valence-corrected chi connectivity index (χ2v) is 8.55. The number of aryl methyl sites for hydroxylation is 1. The van der Waals surface area contributed by atoms with Crippen molar-refractivity contribution >= 4 is 17.3 Å². The molecular weight excluding hydrogens is 390 g/mol. The van der Waals surface area contributed by atoms with Crippen LogP contribution in [0.15, 0.2) is 36.4 Å². The number of carbonyl (C=O) groups excluding carboxylic acids is 1. The summed E-state index contributed by atoms with van der Waals surface area (Å²) in [6.45, 7) is 2.96. The van der Waals surface area contributed by atoms with Crippen LogP contribution < -0.4 is 9.64 Å². The summed E-state index contributed by atoms with van der Waals surface area (Å²) < 4.78 is 8.33. The Hall–Kier alpha value is -3.35. The van der Waals surface area contributed by atoms with Crippen molar-refractivity contribution in [1.29, 1.82) is 0 Å². The van der Waals surface area contributed by atoms with Gasteiger partial charge in [0.1, 0.15) is 18.2 Å². The molecule has 3 aliphatic rings. The van der Waals surface area contributed by atoms with E-state index in [2.05, 4.69) is 43.9 Å². The lowest BCUT2D eigenvalue weighted by Crippen LogP contribution is -2.29. The molecule has 7 nitrogen and oxygen atoms in total. The van der Waals surface area contributed by atoms with Gasteiger partial charge in [0.15, 0.2) is 5.82 Å². The van der Waals surface area contributed by atoms with Gasteiger partial charge in [-0.25, -0.2) is 0 Å². The molecule has 0 fully saturated rings. The minimum Gasteiger partial charge on any atom is -0.490 e. The first kappa shape index (κ1) is 18.4. The van der Waals surface area contributed by atoms with Crippen LogP contribution in [0.3, 0.4) is 0 Å². The van der Waals surface area contributed by atoms with Gasteiger partial charge in [-0.05, 0) is 43.2 Å². The highest BCUT2D eigenvalue weighted by Gasteiger charge is 2.30. The van der Waals surface area contributed by atoms with Crippen molar-refractivity contribution in [2.75, 3.05) is 25.1 Å². The van der Waals surface area contributed by atoms with Crippen LogP contribution in [-0.2, 0) is 19.5 Å². The normalized spacial score (nSPS) is 17.6. The van der Waals surface area contributed by atoms with Crippen LogP contribution in [0.2, 0.25) is 0 Å². The molecule has 6 rings (SSSR count). The van der Waals surface area contributed by atoms with Gasteiger partial charge in [-0.15, -0.1) is 10.2 Å². The van der Waals surface area contributed by atoms with Crippen molar-refractivity contribution in [2.24, 2.45) is 0 Å². The van der Waals surface area contributed by atoms with Crippen LogP contribution in [0.25, 0.3) is 11.4 Å². The smallest absolute Gasteiger partial charge is 0.254 e. The fraction of sp³-hybridized carbons (Fsp3) is 0.375. The Labute approximate surface area is 181 Å². The predicted molar refractivity (Wildman–Crippen MR) is 118 cm³/mol. The molecule has 1 amide bonds. The average molecular weight is 415 g/mol. The number of fused-ring (bicyclic) bond motifs is 3. The van der Waals surface area contributed by atoms with E-state index in [0.717, 1.165) is 65.0 Å². The lowest BCUT2D eigenvalue weighted by molar-refractivity contribution is 0.0816. The van der Waals surface area contributed by atoms with Gasteiger partial charge in [0.05, 0.1) is 12.2 Å². The molecular formula is C24H25N5O2. The van der Waals surface area contributed by atoms with Gasteiger partial charge in [-0.1, -0.05) is 12.5 Å². The minimum atomic E-state index is 0.0909. The molecule has 31 heavy (non-hydrogen) atoms. The number of benzene rings is 2. The molecule has 0 bridgehead atoms. The topological polar surface area (TPSA) is 63.5 Å². The first-order chi connectivity index (χ1) is 15.2. The minimum absolute atomic E-state index is 0.0909. The van der Waals surface area contributed by atoms with Crippen LogP contribution in [0.5, 0.6) is 5.75 Å². The maximum Gasteiger partial charge on any atom is 0.254 e. The molecule has 3 aromatic rings. The van der Waals surface area contributed by atoms with Crippen molar-refractivity contribution in [2.45, 2.75) is 38.8 Å². The molecule has 0 saturated heterocycles. The maximum absolute atomic E-state index is 12.5. The number of hydrogen-bond donors (Lipinski definition) is 0. The van der Waals surface area contributed by atoms with Gasteiger partial charge in [-0.3, -0.25) is 4.79 Å². The van der Waals surface area contributed by atoms with Gasteiger partial charge >= 0.3 is 0 Å². The predicted octanol–water partition coefficient (Wildman–Crippen LogP) is 3.79. The largest absolute Gasteiger partial charge is 0.490 e. The van der Waals surface area contributed by atoms with Crippen LogP contribution in [0, 0.1) is 0 Å².